The number of hydrogen-bond donors (Lipinski definition) is 0. The molecular formula is C30H32ClN3O. The van der Waals surface area contributed by atoms with Crippen LogP contribution in [0.4, 0.5) is 0 Å². The summed E-state index contributed by atoms with van der Waals surface area (Å²) < 4.78 is 0. The summed E-state index contributed by atoms with van der Waals surface area (Å²) in [6.07, 6.45) is 10.3. The number of amides is 1. The molecule has 2 aliphatic rings. The molecule has 5 heteroatoms. The first-order chi connectivity index (χ1) is 16.9. The van der Waals surface area contributed by atoms with Crippen LogP contribution in [0.2, 0.25) is 5.02 Å². The lowest BCUT2D eigenvalue weighted by Gasteiger charge is -2.39. The minimum Gasteiger partial charge on any atom is -0.308 e. The van der Waals surface area contributed by atoms with Gasteiger partial charge < -0.3 is 4.90 Å². The summed E-state index contributed by atoms with van der Waals surface area (Å²) in [7, 11) is 0. The minimum absolute atomic E-state index is 0.0195. The van der Waals surface area contributed by atoms with E-state index in [0.29, 0.717) is 17.3 Å². The number of rotatable bonds is 7. The maximum absolute atomic E-state index is 13.7. The Morgan fingerprint density at radius 3 is 2.54 bits per heavy atom. The number of halogens is 1. The van der Waals surface area contributed by atoms with Crippen molar-refractivity contribution in [3.8, 4) is 0 Å². The molecule has 1 fully saturated rings. The predicted octanol–water partition coefficient (Wildman–Crippen LogP) is 7.27. The van der Waals surface area contributed by atoms with Gasteiger partial charge in [0.05, 0.1) is 5.70 Å². The number of carbonyl (C=O) groups is 1. The van der Waals surface area contributed by atoms with E-state index in [1.165, 1.54) is 6.42 Å². The molecule has 35 heavy (non-hydrogen) atoms. The molecule has 1 saturated carbocycles. The Labute approximate surface area is 213 Å². The van der Waals surface area contributed by atoms with E-state index in [0.717, 1.165) is 59.2 Å². The van der Waals surface area contributed by atoms with Crippen LogP contribution in [0.15, 0.2) is 77.8 Å². The Morgan fingerprint density at radius 2 is 1.89 bits per heavy atom. The van der Waals surface area contributed by atoms with Crippen molar-refractivity contribution < 1.29 is 4.79 Å². The number of carbonyl (C=O) groups excluding carboxylic acids is 1. The van der Waals surface area contributed by atoms with E-state index in [1.54, 1.807) is 12.3 Å². The second kappa shape index (κ2) is 10.6. The summed E-state index contributed by atoms with van der Waals surface area (Å²) in [6.45, 7) is 12.5. The lowest BCUT2D eigenvalue weighted by Crippen LogP contribution is -2.48. The predicted molar refractivity (Wildman–Crippen MR) is 148 cm³/mol. The molecule has 0 aromatic heterocycles. The number of allylic oxidation sites excluding steroid dienone is 2. The van der Waals surface area contributed by atoms with Crippen molar-refractivity contribution in [3.63, 3.8) is 0 Å². The third-order valence-electron chi connectivity index (χ3n) is 6.79. The van der Waals surface area contributed by atoms with Crippen molar-refractivity contribution in [2.45, 2.75) is 51.6 Å². The SMILES string of the molecule is C=C/C=C(\N=CC)c1cc(C(=C)CN2C(=O)C(c3ccc(C)cc3)=NC23CCCCC3)ccc1Cl. The summed E-state index contributed by atoms with van der Waals surface area (Å²) in [5.74, 6) is -0.0195. The van der Waals surface area contributed by atoms with Crippen LogP contribution in [-0.4, -0.2) is 34.9 Å². The molecule has 180 valence electrons. The van der Waals surface area contributed by atoms with Gasteiger partial charge in [-0.1, -0.05) is 73.2 Å². The van der Waals surface area contributed by atoms with E-state index >= 15 is 0 Å². The van der Waals surface area contributed by atoms with E-state index in [-0.39, 0.29) is 5.91 Å². The van der Waals surface area contributed by atoms with Gasteiger partial charge in [-0.05, 0) is 68.9 Å². The zero-order valence-corrected chi connectivity index (χ0v) is 21.3. The van der Waals surface area contributed by atoms with Gasteiger partial charge in [-0.25, -0.2) is 0 Å². The molecule has 0 bridgehead atoms. The molecule has 0 N–H and O–H groups in total. The maximum Gasteiger partial charge on any atom is 0.274 e. The third-order valence-corrected chi connectivity index (χ3v) is 7.12. The van der Waals surface area contributed by atoms with Crippen LogP contribution in [0.3, 0.4) is 0 Å². The Kier molecular flexibility index (Phi) is 7.51. The van der Waals surface area contributed by atoms with E-state index in [4.69, 9.17) is 16.6 Å². The smallest absolute Gasteiger partial charge is 0.274 e. The van der Waals surface area contributed by atoms with Crippen molar-refractivity contribution in [1.82, 2.24) is 4.90 Å². The Bertz CT molecular complexity index is 1230. The fraction of sp³-hybridized carbons (Fsp3) is 0.300. The second-order valence-electron chi connectivity index (χ2n) is 9.23. The normalized spacial score (nSPS) is 17.8. The Hall–Kier alpha value is -3.24. The molecule has 1 aliphatic heterocycles. The molecule has 1 heterocycles. The first-order valence-electron chi connectivity index (χ1n) is 12.2. The maximum atomic E-state index is 13.7. The molecule has 2 aromatic rings. The fourth-order valence-electron chi connectivity index (χ4n) is 4.93. The van der Waals surface area contributed by atoms with Crippen molar-refractivity contribution in [2.24, 2.45) is 9.98 Å². The van der Waals surface area contributed by atoms with E-state index < -0.39 is 5.66 Å². The van der Waals surface area contributed by atoms with Crippen LogP contribution in [0.1, 0.15) is 61.3 Å². The molecule has 0 radical (unpaired) electrons. The molecular weight excluding hydrogens is 454 g/mol. The number of benzene rings is 2. The number of aryl methyl sites for hydroxylation is 1. The summed E-state index contributed by atoms with van der Waals surface area (Å²) in [5, 5.41) is 0.603. The lowest BCUT2D eigenvalue weighted by atomic mass is 9.88. The Morgan fingerprint density at radius 1 is 1.17 bits per heavy atom. The van der Waals surface area contributed by atoms with Gasteiger partial charge in [-0.3, -0.25) is 14.8 Å². The van der Waals surface area contributed by atoms with Crippen LogP contribution in [-0.2, 0) is 4.79 Å². The molecule has 1 spiro atoms. The highest BCUT2D eigenvalue weighted by Gasteiger charge is 2.47. The number of nitrogens with zero attached hydrogens (tertiary/aromatic N) is 3. The highest BCUT2D eigenvalue weighted by atomic mass is 35.5. The Balaban J connectivity index is 1.66. The van der Waals surface area contributed by atoms with Crippen LogP contribution < -0.4 is 0 Å². The van der Waals surface area contributed by atoms with Gasteiger partial charge in [0.1, 0.15) is 11.4 Å². The molecule has 4 nitrogen and oxygen atoms in total. The largest absolute Gasteiger partial charge is 0.308 e. The number of aliphatic imine (C=N–C) groups is 2. The average Bonchev–Trinajstić information content (AvgIpc) is 3.11. The second-order valence-corrected chi connectivity index (χ2v) is 9.64. The fourth-order valence-corrected chi connectivity index (χ4v) is 5.14. The van der Waals surface area contributed by atoms with Gasteiger partial charge in [-0.15, -0.1) is 0 Å². The van der Waals surface area contributed by atoms with Crippen LogP contribution in [0.5, 0.6) is 0 Å². The molecule has 4 rings (SSSR count). The highest BCUT2D eigenvalue weighted by molar-refractivity contribution is 6.46. The highest BCUT2D eigenvalue weighted by Crippen LogP contribution is 2.41. The van der Waals surface area contributed by atoms with Crippen LogP contribution in [0.25, 0.3) is 11.3 Å². The quantitative estimate of drug-likeness (QED) is 0.300. The zero-order valence-electron chi connectivity index (χ0n) is 20.6. The molecule has 1 amide bonds. The molecule has 0 saturated heterocycles. The van der Waals surface area contributed by atoms with E-state index in [1.807, 2.05) is 67.3 Å². The number of hydrogen-bond acceptors (Lipinski definition) is 3. The van der Waals surface area contributed by atoms with Crippen LogP contribution in [0, 0.1) is 6.92 Å². The van der Waals surface area contributed by atoms with Gasteiger partial charge in [0.15, 0.2) is 0 Å². The van der Waals surface area contributed by atoms with Gasteiger partial charge >= 0.3 is 0 Å². The summed E-state index contributed by atoms with van der Waals surface area (Å²) >= 11 is 6.51. The summed E-state index contributed by atoms with van der Waals surface area (Å²) in [5.41, 5.74) is 5.41. The van der Waals surface area contributed by atoms with Crippen molar-refractivity contribution >= 4 is 40.7 Å². The monoisotopic (exact) mass is 485 g/mol. The topological polar surface area (TPSA) is 45.0 Å². The zero-order chi connectivity index (χ0) is 25.0. The lowest BCUT2D eigenvalue weighted by molar-refractivity contribution is -0.127. The van der Waals surface area contributed by atoms with E-state index in [9.17, 15) is 4.79 Å². The van der Waals surface area contributed by atoms with E-state index in [2.05, 4.69) is 18.2 Å². The summed E-state index contributed by atoms with van der Waals surface area (Å²) in [4.78, 5) is 25.2. The molecule has 0 atom stereocenters. The van der Waals surface area contributed by atoms with Gasteiger partial charge in [-0.2, -0.15) is 0 Å². The third kappa shape index (κ3) is 5.08. The van der Waals surface area contributed by atoms with Gasteiger partial charge in [0, 0.05) is 28.9 Å². The van der Waals surface area contributed by atoms with Crippen molar-refractivity contribution in [1.29, 1.82) is 0 Å². The first-order valence-corrected chi connectivity index (χ1v) is 12.5. The van der Waals surface area contributed by atoms with Crippen molar-refractivity contribution in [3.05, 3.63) is 95.1 Å². The van der Waals surface area contributed by atoms with Gasteiger partial charge in [0.25, 0.3) is 5.91 Å². The van der Waals surface area contributed by atoms with Gasteiger partial charge in [0.2, 0.25) is 0 Å². The summed E-state index contributed by atoms with van der Waals surface area (Å²) in [6, 6.07) is 13.8. The average molecular weight is 486 g/mol. The van der Waals surface area contributed by atoms with Crippen molar-refractivity contribution in [2.75, 3.05) is 6.54 Å². The first kappa shape index (κ1) is 24.9. The molecule has 1 aliphatic carbocycles. The standard InChI is InChI=1S/C30H32ClN3O/c1-5-10-27(32-6-2)25-19-24(15-16-26(25)31)22(4)20-34-29(35)28(23-13-11-21(3)12-14-23)33-30(34)17-8-7-9-18-30/h5-6,10-16,19H,1,4,7-9,17-18,20H2,2-3H3/b27-10-,32-6?. The minimum atomic E-state index is -0.492. The molecule has 0 unspecified atom stereocenters. The van der Waals surface area contributed by atoms with Crippen LogP contribution >= 0.6 is 11.6 Å². The molecule has 2 aromatic carbocycles.